The summed E-state index contributed by atoms with van der Waals surface area (Å²) in [6.07, 6.45) is 2.96. The second-order valence-corrected chi connectivity index (χ2v) is 5.28. The number of nitrogens with zero attached hydrogens (tertiary/aromatic N) is 2. The Morgan fingerprint density at radius 1 is 1.55 bits per heavy atom. The minimum absolute atomic E-state index is 0.0386. The van der Waals surface area contributed by atoms with Crippen LogP contribution in [0.4, 0.5) is 5.82 Å². The van der Waals surface area contributed by atoms with Crippen LogP contribution in [0, 0.1) is 5.92 Å². The highest BCUT2D eigenvalue weighted by Crippen LogP contribution is 2.18. The molecule has 0 radical (unpaired) electrons. The Hall–Kier alpha value is -1.62. The van der Waals surface area contributed by atoms with Gasteiger partial charge in [0.2, 0.25) is 0 Å². The molecule has 1 aliphatic rings. The fraction of sp³-hybridized carbons (Fsp3) is 0.600. The molecule has 1 amide bonds. The number of aliphatic hydroxyl groups excluding tert-OH is 1. The predicted octanol–water partition coefficient (Wildman–Crippen LogP) is 1.75. The number of nitrogens with one attached hydrogen (secondary N) is 1. The molecular formula is C15H23N3O2. The molecule has 20 heavy (non-hydrogen) atoms. The zero-order valence-electron chi connectivity index (χ0n) is 12.0. The molecule has 110 valence electrons. The van der Waals surface area contributed by atoms with Gasteiger partial charge in [-0.25, -0.2) is 4.98 Å². The van der Waals surface area contributed by atoms with E-state index in [0.29, 0.717) is 12.2 Å². The van der Waals surface area contributed by atoms with Crippen LogP contribution >= 0.6 is 0 Å². The number of carbonyl (C=O) groups is 1. The third kappa shape index (κ3) is 3.70. The molecule has 0 saturated carbocycles. The molecule has 1 atom stereocenters. The number of pyridine rings is 1. The van der Waals surface area contributed by atoms with Crippen molar-refractivity contribution >= 4 is 11.7 Å². The average Bonchev–Trinajstić information content (AvgIpc) is 2.52. The fourth-order valence-electron chi connectivity index (χ4n) is 2.47. The van der Waals surface area contributed by atoms with Crippen LogP contribution in [0.2, 0.25) is 0 Å². The number of likely N-dealkylation sites (tertiary alicyclic amines) is 1. The monoisotopic (exact) mass is 277 g/mol. The van der Waals surface area contributed by atoms with Crippen LogP contribution in [-0.2, 0) is 0 Å². The molecule has 1 aromatic heterocycles. The van der Waals surface area contributed by atoms with E-state index in [9.17, 15) is 9.90 Å². The Kier molecular flexibility index (Phi) is 5.35. The van der Waals surface area contributed by atoms with Crippen LogP contribution in [0.1, 0.15) is 36.7 Å². The van der Waals surface area contributed by atoms with E-state index in [1.54, 1.807) is 11.0 Å². The highest BCUT2D eigenvalue weighted by atomic mass is 16.3. The molecule has 1 aliphatic heterocycles. The normalized spacial score (nSPS) is 18.9. The first-order valence-corrected chi connectivity index (χ1v) is 7.35. The third-order valence-electron chi connectivity index (χ3n) is 3.59. The average molecular weight is 277 g/mol. The lowest BCUT2D eigenvalue weighted by Gasteiger charge is -2.31. The SMILES string of the molecule is CCCNc1cccc(C(=O)N2CCCC(CO)C2)n1. The summed E-state index contributed by atoms with van der Waals surface area (Å²) in [6.45, 7) is 4.47. The van der Waals surface area contributed by atoms with E-state index in [-0.39, 0.29) is 18.4 Å². The minimum atomic E-state index is -0.0386. The van der Waals surface area contributed by atoms with Gasteiger partial charge >= 0.3 is 0 Å². The lowest BCUT2D eigenvalue weighted by molar-refractivity contribution is 0.0615. The number of aliphatic hydroxyl groups is 1. The van der Waals surface area contributed by atoms with E-state index in [4.69, 9.17) is 0 Å². The van der Waals surface area contributed by atoms with Crippen molar-refractivity contribution in [3.05, 3.63) is 23.9 Å². The minimum Gasteiger partial charge on any atom is -0.396 e. The number of anilines is 1. The Labute approximate surface area is 120 Å². The molecule has 1 fully saturated rings. The van der Waals surface area contributed by atoms with Gasteiger partial charge in [0.05, 0.1) is 0 Å². The lowest BCUT2D eigenvalue weighted by Crippen LogP contribution is -2.41. The number of aromatic nitrogens is 1. The van der Waals surface area contributed by atoms with Crippen molar-refractivity contribution in [2.75, 3.05) is 31.6 Å². The summed E-state index contributed by atoms with van der Waals surface area (Å²) < 4.78 is 0. The van der Waals surface area contributed by atoms with Gasteiger partial charge in [0.1, 0.15) is 11.5 Å². The predicted molar refractivity (Wildman–Crippen MR) is 78.7 cm³/mol. The fourth-order valence-corrected chi connectivity index (χ4v) is 2.47. The van der Waals surface area contributed by atoms with Gasteiger partial charge in [-0.05, 0) is 37.3 Å². The van der Waals surface area contributed by atoms with Gasteiger partial charge in [0.25, 0.3) is 5.91 Å². The second-order valence-electron chi connectivity index (χ2n) is 5.28. The van der Waals surface area contributed by atoms with Crippen molar-refractivity contribution in [3.8, 4) is 0 Å². The lowest BCUT2D eigenvalue weighted by atomic mass is 9.99. The summed E-state index contributed by atoms with van der Waals surface area (Å²) in [7, 11) is 0. The van der Waals surface area contributed by atoms with E-state index in [1.807, 2.05) is 12.1 Å². The van der Waals surface area contributed by atoms with Gasteiger partial charge < -0.3 is 15.3 Å². The van der Waals surface area contributed by atoms with Gasteiger partial charge in [-0.15, -0.1) is 0 Å². The molecule has 2 rings (SSSR count). The third-order valence-corrected chi connectivity index (χ3v) is 3.59. The van der Waals surface area contributed by atoms with E-state index >= 15 is 0 Å². The van der Waals surface area contributed by atoms with E-state index in [0.717, 1.165) is 38.2 Å². The highest BCUT2D eigenvalue weighted by Gasteiger charge is 2.24. The molecule has 0 aliphatic carbocycles. The van der Waals surface area contributed by atoms with Crippen LogP contribution in [-0.4, -0.2) is 47.1 Å². The second kappa shape index (κ2) is 7.24. The first kappa shape index (κ1) is 14.8. The van der Waals surface area contributed by atoms with Crippen LogP contribution in [0.15, 0.2) is 18.2 Å². The van der Waals surface area contributed by atoms with Gasteiger partial charge in [-0.1, -0.05) is 13.0 Å². The molecular weight excluding hydrogens is 254 g/mol. The first-order valence-electron chi connectivity index (χ1n) is 7.35. The number of hydrogen-bond acceptors (Lipinski definition) is 4. The van der Waals surface area contributed by atoms with Crippen LogP contribution in [0.5, 0.6) is 0 Å². The van der Waals surface area contributed by atoms with Crippen molar-refractivity contribution in [2.24, 2.45) is 5.92 Å². The number of amides is 1. The van der Waals surface area contributed by atoms with Crippen molar-refractivity contribution in [3.63, 3.8) is 0 Å². The summed E-state index contributed by atoms with van der Waals surface area (Å²) >= 11 is 0. The molecule has 1 unspecified atom stereocenters. The van der Waals surface area contributed by atoms with Crippen molar-refractivity contribution in [1.29, 1.82) is 0 Å². The van der Waals surface area contributed by atoms with E-state index < -0.39 is 0 Å². The van der Waals surface area contributed by atoms with Gasteiger partial charge in [-0.3, -0.25) is 4.79 Å². The molecule has 2 N–H and O–H groups in total. The topological polar surface area (TPSA) is 65.5 Å². The van der Waals surface area contributed by atoms with Crippen molar-refractivity contribution < 1.29 is 9.90 Å². The quantitative estimate of drug-likeness (QED) is 0.860. The Balaban J connectivity index is 2.04. The maximum atomic E-state index is 12.4. The molecule has 1 aromatic rings. The zero-order valence-corrected chi connectivity index (χ0v) is 12.0. The van der Waals surface area contributed by atoms with E-state index in [2.05, 4.69) is 17.2 Å². The summed E-state index contributed by atoms with van der Waals surface area (Å²) in [5.74, 6) is 0.908. The maximum Gasteiger partial charge on any atom is 0.272 e. The molecule has 0 aromatic carbocycles. The summed E-state index contributed by atoms with van der Waals surface area (Å²) in [5, 5.41) is 12.4. The largest absolute Gasteiger partial charge is 0.396 e. The molecule has 2 heterocycles. The highest BCUT2D eigenvalue weighted by molar-refractivity contribution is 5.92. The van der Waals surface area contributed by atoms with E-state index in [1.165, 1.54) is 0 Å². The number of hydrogen-bond donors (Lipinski definition) is 2. The molecule has 5 heteroatoms. The standard InChI is InChI=1S/C15H23N3O2/c1-2-8-16-14-7-3-6-13(17-14)15(20)18-9-4-5-12(10-18)11-19/h3,6-7,12,19H,2,4-5,8-11H2,1H3,(H,16,17). The Morgan fingerprint density at radius 2 is 2.40 bits per heavy atom. The van der Waals surface area contributed by atoms with Gasteiger partial charge in [0.15, 0.2) is 0 Å². The van der Waals surface area contributed by atoms with Gasteiger partial charge in [-0.2, -0.15) is 0 Å². The van der Waals surface area contributed by atoms with Crippen molar-refractivity contribution in [1.82, 2.24) is 9.88 Å². The van der Waals surface area contributed by atoms with Crippen LogP contribution in [0.3, 0.4) is 0 Å². The molecule has 0 bridgehead atoms. The summed E-state index contributed by atoms with van der Waals surface area (Å²) in [6, 6.07) is 5.48. The van der Waals surface area contributed by atoms with Gasteiger partial charge in [0, 0.05) is 26.2 Å². The van der Waals surface area contributed by atoms with Crippen LogP contribution < -0.4 is 5.32 Å². The maximum absolute atomic E-state index is 12.4. The molecule has 5 nitrogen and oxygen atoms in total. The van der Waals surface area contributed by atoms with Crippen LogP contribution in [0.25, 0.3) is 0 Å². The number of rotatable bonds is 5. The number of piperidine rings is 1. The Bertz CT molecular complexity index is 450. The Morgan fingerprint density at radius 3 is 3.15 bits per heavy atom. The molecule has 1 saturated heterocycles. The van der Waals surface area contributed by atoms with Crippen molar-refractivity contribution in [2.45, 2.75) is 26.2 Å². The number of carbonyl (C=O) groups excluding carboxylic acids is 1. The zero-order chi connectivity index (χ0) is 14.4. The summed E-state index contributed by atoms with van der Waals surface area (Å²) in [4.78, 5) is 18.6. The molecule has 0 spiro atoms. The first-order chi connectivity index (χ1) is 9.74. The summed E-state index contributed by atoms with van der Waals surface area (Å²) in [5.41, 5.74) is 0.477. The smallest absolute Gasteiger partial charge is 0.272 e.